The van der Waals surface area contributed by atoms with Crippen molar-refractivity contribution in [3.8, 4) is 11.5 Å². The van der Waals surface area contributed by atoms with Gasteiger partial charge in [0.15, 0.2) is 11.5 Å². The van der Waals surface area contributed by atoms with Crippen molar-refractivity contribution in [3.63, 3.8) is 0 Å². The lowest BCUT2D eigenvalue weighted by Crippen LogP contribution is -2.35. The van der Waals surface area contributed by atoms with Gasteiger partial charge < -0.3 is 14.2 Å². The Hall–Kier alpha value is -3.38. The van der Waals surface area contributed by atoms with E-state index < -0.39 is 28.6 Å². The highest BCUT2D eigenvalue weighted by Crippen LogP contribution is 2.38. The Balaban J connectivity index is 1.81. The number of rotatable bonds is 10. The van der Waals surface area contributed by atoms with Crippen molar-refractivity contribution in [2.24, 2.45) is 0 Å². The lowest BCUT2D eigenvalue weighted by Gasteiger charge is -2.14. The Morgan fingerprint density at radius 1 is 1.19 bits per heavy atom. The zero-order valence-electron chi connectivity index (χ0n) is 19.7. The van der Waals surface area contributed by atoms with Crippen molar-refractivity contribution in [1.82, 2.24) is 4.90 Å². The van der Waals surface area contributed by atoms with E-state index in [2.05, 4.69) is 15.9 Å². The molecule has 0 unspecified atom stereocenters. The number of halogens is 1. The maximum atomic E-state index is 12.8. The number of ether oxygens (including phenoxy) is 3. The predicted octanol–water partition coefficient (Wildman–Crippen LogP) is 5.32. The number of nitro benzene ring substituents is 1. The topological polar surface area (TPSA) is 125 Å². The van der Waals surface area contributed by atoms with Gasteiger partial charge in [-0.25, -0.2) is 0 Å². The molecule has 1 heterocycles. The summed E-state index contributed by atoms with van der Waals surface area (Å²) in [4.78, 5) is 48.5. The maximum Gasteiger partial charge on any atom is 0.326 e. The van der Waals surface area contributed by atoms with Gasteiger partial charge in [-0.3, -0.25) is 29.4 Å². The number of esters is 1. The van der Waals surface area contributed by atoms with Crippen LogP contribution < -0.4 is 9.47 Å². The van der Waals surface area contributed by atoms with Gasteiger partial charge in [0.1, 0.15) is 13.2 Å². The highest BCUT2D eigenvalue weighted by atomic mass is 79.9. The highest BCUT2D eigenvalue weighted by Gasteiger charge is 2.37. The molecule has 0 N–H and O–H groups in total. The number of nitro groups is 1. The molecule has 190 valence electrons. The van der Waals surface area contributed by atoms with Crippen molar-refractivity contribution in [1.29, 1.82) is 0 Å². The molecule has 1 aliphatic rings. The molecule has 1 fully saturated rings. The normalized spacial score (nSPS) is 14.5. The summed E-state index contributed by atoms with van der Waals surface area (Å²) < 4.78 is 17.1. The number of amides is 2. The molecule has 10 nitrogen and oxygen atoms in total. The largest absolute Gasteiger partial charge is 0.490 e. The van der Waals surface area contributed by atoms with Crippen LogP contribution in [0.15, 0.2) is 45.8 Å². The molecule has 0 spiro atoms. The van der Waals surface area contributed by atoms with E-state index in [0.717, 1.165) is 16.7 Å². The second-order valence-corrected chi connectivity index (χ2v) is 9.62. The molecule has 12 heteroatoms. The van der Waals surface area contributed by atoms with Gasteiger partial charge in [-0.05, 0) is 61.9 Å². The second-order valence-electron chi connectivity index (χ2n) is 7.78. The van der Waals surface area contributed by atoms with Crippen LogP contribution in [0.3, 0.4) is 0 Å². The zero-order chi connectivity index (χ0) is 26.4. The molecule has 36 heavy (non-hydrogen) atoms. The van der Waals surface area contributed by atoms with E-state index in [9.17, 15) is 24.5 Å². The van der Waals surface area contributed by atoms with Crippen LogP contribution in [0.1, 0.15) is 31.9 Å². The highest BCUT2D eigenvalue weighted by molar-refractivity contribution is 9.10. The van der Waals surface area contributed by atoms with Gasteiger partial charge in [-0.2, -0.15) is 0 Å². The number of carbonyl (C=O) groups is 3. The summed E-state index contributed by atoms with van der Waals surface area (Å²) in [6.45, 7) is 5.09. The molecule has 0 saturated carbocycles. The Morgan fingerprint density at radius 2 is 1.92 bits per heavy atom. The summed E-state index contributed by atoms with van der Waals surface area (Å²) in [7, 11) is 0. The van der Waals surface area contributed by atoms with E-state index in [1.165, 1.54) is 18.2 Å². The molecule has 0 atom stereocenters. The number of hydrogen-bond donors (Lipinski definition) is 0. The number of imide groups is 1. The van der Waals surface area contributed by atoms with Gasteiger partial charge in [0.2, 0.25) is 0 Å². The first-order valence-electron chi connectivity index (χ1n) is 10.9. The molecule has 1 aliphatic heterocycles. The van der Waals surface area contributed by atoms with E-state index in [0.29, 0.717) is 33.7 Å². The molecule has 0 aliphatic carbocycles. The van der Waals surface area contributed by atoms with E-state index >= 15 is 0 Å². The number of benzene rings is 2. The van der Waals surface area contributed by atoms with Crippen molar-refractivity contribution in [2.45, 2.75) is 33.5 Å². The van der Waals surface area contributed by atoms with Gasteiger partial charge in [-0.15, -0.1) is 0 Å². The lowest BCUT2D eigenvalue weighted by molar-refractivity contribution is -0.384. The number of carbonyl (C=O) groups excluding carboxylic acids is 3. The van der Waals surface area contributed by atoms with Crippen molar-refractivity contribution < 1.29 is 33.5 Å². The Bertz CT molecular complexity index is 1230. The van der Waals surface area contributed by atoms with Crippen LogP contribution in [0, 0.1) is 10.1 Å². The van der Waals surface area contributed by atoms with Crippen molar-refractivity contribution >= 4 is 56.6 Å². The van der Waals surface area contributed by atoms with Crippen LogP contribution in [0.4, 0.5) is 10.5 Å². The van der Waals surface area contributed by atoms with E-state index in [1.807, 2.05) is 0 Å². The monoisotopic (exact) mass is 578 g/mol. The number of thioether (sulfide) groups is 1. The standard InChI is InChI=1S/C24H23BrN2O8S/c1-4-33-19-9-16(10-21-23(29)26(24(30)36-21)12-22(28)35-14(2)3)18(25)11-20(19)34-13-15-6-5-7-17(8-15)27(31)32/h5-11,14H,4,12-13H2,1-3H3/b21-10+. The van der Waals surface area contributed by atoms with E-state index in [1.54, 1.807) is 45.0 Å². The third-order valence-corrected chi connectivity index (χ3v) is 6.29. The van der Waals surface area contributed by atoms with Crippen LogP contribution >= 0.6 is 27.7 Å². The first-order chi connectivity index (χ1) is 17.1. The molecule has 1 saturated heterocycles. The summed E-state index contributed by atoms with van der Waals surface area (Å²) in [5.74, 6) is -0.491. The number of hydrogen-bond acceptors (Lipinski definition) is 9. The van der Waals surface area contributed by atoms with Crippen LogP contribution in [0.25, 0.3) is 6.08 Å². The molecule has 0 bridgehead atoms. The Morgan fingerprint density at radius 3 is 2.58 bits per heavy atom. The third kappa shape index (κ3) is 6.85. The van der Waals surface area contributed by atoms with Crippen LogP contribution in [0.5, 0.6) is 11.5 Å². The molecule has 0 radical (unpaired) electrons. The van der Waals surface area contributed by atoms with Crippen LogP contribution in [-0.4, -0.2) is 46.2 Å². The quantitative estimate of drug-likeness (QED) is 0.159. The average molecular weight is 579 g/mol. The second kappa shape index (κ2) is 12.0. The Labute approximate surface area is 219 Å². The average Bonchev–Trinajstić information content (AvgIpc) is 3.07. The molecule has 2 aromatic carbocycles. The van der Waals surface area contributed by atoms with Crippen LogP contribution in [-0.2, 0) is 20.9 Å². The summed E-state index contributed by atoms with van der Waals surface area (Å²) in [6.07, 6.45) is 1.16. The van der Waals surface area contributed by atoms with E-state index in [-0.39, 0.29) is 23.3 Å². The third-order valence-electron chi connectivity index (χ3n) is 4.69. The molecular formula is C24H23BrN2O8S. The Kier molecular flexibility index (Phi) is 9.10. The number of non-ortho nitro benzene ring substituents is 1. The minimum Gasteiger partial charge on any atom is -0.490 e. The fourth-order valence-corrected chi connectivity index (χ4v) is 4.44. The fraction of sp³-hybridized carbons (Fsp3) is 0.292. The zero-order valence-corrected chi connectivity index (χ0v) is 22.1. The minimum atomic E-state index is -0.668. The maximum absolute atomic E-state index is 12.8. The minimum absolute atomic E-state index is 0.0379. The molecule has 0 aromatic heterocycles. The molecule has 3 rings (SSSR count). The molecule has 2 aromatic rings. The molecular weight excluding hydrogens is 556 g/mol. The van der Waals surface area contributed by atoms with Crippen molar-refractivity contribution in [3.05, 3.63) is 67.0 Å². The van der Waals surface area contributed by atoms with Gasteiger partial charge >= 0.3 is 5.97 Å². The lowest BCUT2D eigenvalue weighted by atomic mass is 10.1. The SMILES string of the molecule is CCOc1cc(/C=C2/SC(=O)N(CC(=O)OC(C)C)C2=O)c(Br)cc1OCc1cccc([N+](=O)[O-])c1. The summed E-state index contributed by atoms with van der Waals surface area (Å²) in [5, 5.41) is 10.4. The smallest absolute Gasteiger partial charge is 0.326 e. The first-order valence-corrected chi connectivity index (χ1v) is 12.5. The number of nitrogens with zero attached hydrogens (tertiary/aromatic N) is 2. The van der Waals surface area contributed by atoms with Crippen LogP contribution in [0.2, 0.25) is 0 Å². The summed E-state index contributed by atoms with van der Waals surface area (Å²) >= 11 is 4.18. The summed E-state index contributed by atoms with van der Waals surface area (Å²) in [6, 6.07) is 9.42. The van der Waals surface area contributed by atoms with Crippen molar-refractivity contribution in [2.75, 3.05) is 13.2 Å². The predicted molar refractivity (Wildman–Crippen MR) is 137 cm³/mol. The van der Waals surface area contributed by atoms with Gasteiger partial charge in [0.25, 0.3) is 16.8 Å². The first kappa shape index (κ1) is 27.2. The van der Waals surface area contributed by atoms with Gasteiger partial charge in [-0.1, -0.05) is 28.1 Å². The van der Waals surface area contributed by atoms with Gasteiger partial charge in [0, 0.05) is 16.6 Å². The summed E-state index contributed by atoms with van der Waals surface area (Å²) in [5.41, 5.74) is 1.12. The van der Waals surface area contributed by atoms with Gasteiger partial charge in [0.05, 0.1) is 22.5 Å². The molecule has 2 amide bonds. The fourth-order valence-electron chi connectivity index (χ4n) is 3.17. The van der Waals surface area contributed by atoms with E-state index in [4.69, 9.17) is 14.2 Å².